The van der Waals surface area contributed by atoms with Crippen molar-refractivity contribution in [3.63, 3.8) is 0 Å². The number of nitrogens with one attached hydrogen (secondary N) is 1. The van der Waals surface area contributed by atoms with Crippen LogP contribution in [0.25, 0.3) is 0 Å². The first kappa shape index (κ1) is 14.1. The molecule has 0 radical (unpaired) electrons. The summed E-state index contributed by atoms with van der Waals surface area (Å²) in [6.07, 6.45) is 2.72. The summed E-state index contributed by atoms with van der Waals surface area (Å²) in [5.74, 6) is 1.55. The predicted molar refractivity (Wildman–Crippen MR) is 82.9 cm³/mol. The van der Waals surface area contributed by atoms with Gasteiger partial charge in [0.2, 0.25) is 0 Å². The van der Waals surface area contributed by atoms with Gasteiger partial charge in [0.05, 0.1) is 17.8 Å². The number of aromatic amines is 1. The van der Waals surface area contributed by atoms with Gasteiger partial charge in [-0.3, -0.25) is 4.79 Å². The fourth-order valence-corrected chi connectivity index (χ4v) is 2.94. The maximum Gasteiger partial charge on any atom is 0.256 e. The van der Waals surface area contributed by atoms with Crippen molar-refractivity contribution in [2.75, 3.05) is 17.7 Å². The molecule has 0 spiro atoms. The van der Waals surface area contributed by atoms with Crippen LogP contribution in [0.2, 0.25) is 0 Å². The van der Waals surface area contributed by atoms with Crippen molar-refractivity contribution in [2.45, 2.75) is 32.0 Å². The average Bonchev–Trinajstić information content (AvgIpc) is 2.46. The zero-order valence-corrected chi connectivity index (χ0v) is 13.1. The smallest absolute Gasteiger partial charge is 0.256 e. The number of fused-ring (bicyclic) bond motifs is 1. The van der Waals surface area contributed by atoms with E-state index < -0.39 is 0 Å². The zero-order chi connectivity index (χ0) is 15.0. The molecule has 0 bridgehead atoms. The Balaban J connectivity index is 1.96. The highest BCUT2D eigenvalue weighted by atomic mass is 32.2. The van der Waals surface area contributed by atoms with Gasteiger partial charge in [0, 0.05) is 24.7 Å². The van der Waals surface area contributed by atoms with Gasteiger partial charge in [0.1, 0.15) is 11.6 Å². The standard InChI is InChI=1S/C14H17N5OS/c1-8-6-12(18-14(15-8)21-3)19-5-4-11-10(7-19)13(20)17-9(2)16-11/h6H,4-5,7H2,1-3H3,(H,16,17,20). The topological polar surface area (TPSA) is 74.8 Å². The van der Waals surface area contributed by atoms with Crippen molar-refractivity contribution < 1.29 is 0 Å². The molecule has 0 saturated heterocycles. The molecule has 0 aliphatic carbocycles. The fourth-order valence-electron chi connectivity index (χ4n) is 2.52. The number of nitrogens with zero attached hydrogens (tertiary/aromatic N) is 4. The summed E-state index contributed by atoms with van der Waals surface area (Å²) >= 11 is 1.52. The first-order valence-corrected chi connectivity index (χ1v) is 8.02. The second-order valence-electron chi connectivity index (χ2n) is 5.10. The molecule has 0 atom stereocenters. The molecule has 1 aliphatic rings. The van der Waals surface area contributed by atoms with E-state index in [0.29, 0.717) is 12.4 Å². The highest BCUT2D eigenvalue weighted by Crippen LogP contribution is 2.22. The van der Waals surface area contributed by atoms with Crippen LogP contribution in [0.5, 0.6) is 0 Å². The molecule has 3 rings (SSSR count). The number of aromatic nitrogens is 4. The summed E-state index contributed by atoms with van der Waals surface area (Å²) in [7, 11) is 0. The lowest BCUT2D eigenvalue weighted by atomic mass is 10.1. The third-order valence-electron chi connectivity index (χ3n) is 3.51. The molecule has 0 fully saturated rings. The molecule has 2 aromatic heterocycles. The summed E-state index contributed by atoms with van der Waals surface area (Å²) in [5, 5.41) is 0.756. The third kappa shape index (κ3) is 2.78. The summed E-state index contributed by atoms with van der Waals surface area (Å²) in [6, 6.07) is 1.96. The number of aryl methyl sites for hydroxylation is 2. The molecule has 0 amide bonds. The summed E-state index contributed by atoms with van der Waals surface area (Å²) in [6.45, 7) is 5.13. The van der Waals surface area contributed by atoms with Gasteiger partial charge >= 0.3 is 0 Å². The van der Waals surface area contributed by atoms with Gasteiger partial charge in [-0.15, -0.1) is 0 Å². The molecule has 1 N–H and O–H groups in total. The van der Waals surface area contributed by atoms with Crippen LogP contribution in [0.3, 0.4) is 0 Å². The van der Waals surface area contributed by atoms with Gasteiger partial charge < -0.3 is 9.88 Å². The van der Waals surface area contributed by atoms with Crippen LogP contribution >= 0.6 is 11.8 Å². The second kappa shape index (κ2) is 5.48. The van der Waals surface area contributed by atoms with E-state index in [2.05, 4.69) is 24.8 Å². The van der Waals surface area contributed by atoms with Gasteiger partial charge in [-0.25, -0.2) is 15.0 Å². The Kier molecular flexibility index (Phi) is 3.67. The van der Waals surface area contributed by atoms with E-state index in [4.69, 9.17) is 0 Å². The lowest BCUT2D eigenvalue weighted by Crippen LogP contribution is -2.36. The van der Waals surface area contributed by atoms with Crippen LogP contribution in [0.15, 0.2) is 16.0 Å². The SMILES string of the molecule is CSc1nc(C)cc(N2CCc3nc(C)[nH]c(=O)c3C2)n1. The lowest BCUT2D eigenvalue weighted by Gasteiger charge is -2.28. The maximum atomic E-state index is 12.1. The van der Waals surface area contributed by atoms with Crippen LogP contribution in [0, 0.1) is 13.8 Å². The number of H-pyrrole nitrogens is 1. The minimum atomic E-state index is -0.0435. The van der Waals surface area contributed by atoms with E-state index in [1.807, 2.05) is 26.2 Å². The van der Waals surface area contributed by atoms with Crippen molar-refractivity contribution in [3.8, 4) is 0 Å². The molecule has 0 unspecified atom stereocenters. The van der Waals surface area contributed by atoms with Crippen LogP contribution in [-0.4, -0.2) is 32.7 Å². The Hall–Kier alpha value is -1.89. The summed E-state index contributed by atoms with van der Waals surface area (Å²) < 4.78 is 0. The molecular formula is C14H17N5OS. The van der Waals surface area contributed by atoms with Crippen LogP contribution in [0.1, 0.15) is 22.8 Å². The van der Waals surface area contributed by atoms with E-state index in [9.17, 15) is 4.79 Å². The highest BCUT2D eigenvalue weighted by molar-refractivity contribution is 7.98. The van der Waals surface area contributed by atoms with Crippen molar-refractivity contribution in [2.24, 2.45) is 0 Å². The first-order valence-electron chi connectivity index (χ1n) is 6.80. The number of hydrogen-bond donors (Lipinski definition) is 1. The van der Waals surface area contributed by atoms with E-state index in [-0.39, 0.29) is 5.56 Å². The lowest BCUT2D eigenvalue weighted by molar-refractivity contribution is 0.676. The zero-order valence-electron chi connectivity index (χ0n) is 12.3. The Morgan fingerprint density at radius 3 is 2.86 bits per heavy atom. The van der Waals surface area contributed by atoms with Crippen LogP contribution in [-0.2, 0) is 13.0 Å². The number of hydrogen-bond acceptors (Lipinski definition) is 6. The number of rotatable bonds is 2. The predicted octanol–water partition coefficient (Wildman–Crippen LogP) is 1.46. The molecule has 7 heteroatoms. The van der Waals surface area contributed by atoms with Crippen molar-refractivity contribution in [1.29, 1.82) is 0 Å². The minimum Gasteiger partial charge on any atom is -0.351 e. The van der Waals surface area contributed by atoms with Crippen LogP contribution < -0.4 is 10.5 Å². The minimum absolute atomic E-state index is 0.0435. The van der Waals surface area contributed by atoms with Crippen molar-refractivity contribution >= 4 is 17.6 Å². The highest BCUT2D eigenvalue weighted by Gasteiger charge is 2.22. The van der Waals surface area contributed by atoms with E-state index in [1.165, 1.54) is 11.8 Å². The molecule has 1 aliphatic heterocycles. The molecule has 2 aromatic rings. The molecule has 6 nitrogen and oxygen atoms in total. The van der Waals surface area contributed by atoms with Crippen molar-refractivity contribution in [3.05, 3.63) is 39.2 Å². The molecule has 3 heterocycles. The summed E-state index contributed by atoms with van der Waals surface area (Å²) in [4.78, 5) is 30.3. The monoisotopic (exact) mass is 303 g/mol. The van der Waals surface area contributed by atoms with Gasteiger partial charge in [0.25, 0.3) is 5.56 Å². The van der Waals surface area contributed by atoms with Gasteiger partial charge in [-0.05, 0) is 20.1 Å². The van der Waals surface area contributed by atoms with Crippen molar-refractivity contribution in [1.82, 2.24) is 19.9 Å². The Bertz CT molecular complexity index is 743. The Labute approximate surface area is 127 Å². The third-order valence-corrected chi connectivity index (χ3v) is 4.06. The van der Waals surface area contributed by atoms with Crippen LogP contribution in [0.4, 0.5) is 5.82 Å². The largest absolute Gasteiger partial charge is 0.351 e. The number of anilines is 1. The average molecular weight is 303 g/mol. The fraction of sp³-hybridized carbons (Fsp3) is 0.429. The normalized spacial score (nSPS) is 14.1. The van der Waals surface area contributed by atoms with Gasteiger partial charge in [-0.2, -0.15) is 0 Å². The van der Waals surface area contributed by atoms with Gasteiger partial charge in [-0.1, -0.05) is 11.8 Å². The number of thioether (sulfide) groups is 1. The van der Waals surface area contributed by atoms with E-state index in [1.54, 1.807) is 0 Å². The molecule has 0 saturated carbocycles. The molecular weight excluding hydrogens is 286 g/mol. The Morgan fingerprint density at radius 2 is 2.10 bits per heavy atom. The Morgan fingerprint density at radius 1 is 1.29 bits per heavy atom. The first-order chi connectivity index (χ1) is 10.1. The molecule has 21 heavy (non-hydrogen) atoms. The molecule has 110 valence electrons. The van der Waals surface area contributed by atoms with E-state index >= 15 is 0 Å². The second-order valence-corrected chi connectivity index (χ2v) is 5.88. The maximum absolute atomic E-state index is 12.1. The van der Waals surface area contributed by atoms with E-state index in [0.717, 1.165) is 40.9 Å². The molecule has 0 aromatic carbocycles. The quantitative estimate of drug-likeness (QED) is 0.669. The van der Waals surface area contributed by atoms with Gasteiger partial charge in [0.15, 0.2) is 5.16 Å². The summed E-state index contributed by atoms with van der Waals surface area (Å²) in [5.41, 5.74) is 2.54.